The molecule has 1 aromatic rings. The standard InChI is InChI=1S/C11H10Cl2N2O/c1-15(11(16)10(12)13)7-9-4-2-8(6-14)3-5-9/h2-5,10H,7H2,1H3. The van der Waals surface area contributed by atoms with Crippen LogP contribution in [0, 0.1) is 11.3 Å². The largest absolute Gasteiger partial charge is 0.339 e. The number of rotatable bonds is 3. The van der Waals surface area contributed by atoms with Crippen molar-refractivity contribution >= 4 is 29.1 Å². The zero-order valence-corrected chi connectivity index (χ0v) is 10.2. The van der Waals surface area contributed by atoms with E-state index in [1.54, 1.807) is 31.3 Å². The minimum Gasteiger partial charge on any atom is -0.339 e. The summed E-state index contributed by atoms with van der Waals surface area (Å²) in [5, 5.41) is 8.62. The zero-order chi connectivity index (χ0) is 12.1. The zero-order valence-electron chi connectivity index (χ0n) is 8.65. The Labute approximate surface area is 104 Å². The van der Waals surface area contributed by atoms with E-state index in [4.69, 9.17) is 28.5 Å². The average Bonchev–Trinajstić information content (AvgIpc) is 2.28. The second-order valence-corrected chi connectivity index (χ2v) is 4.40. The fourth-order valence-corrected chi connectivity index (χ4v) is 1.54. The number of amides is 1. The van der Waals surface area contributed by atoms with E-state index in [2.05, 4.69) is 0 Å². The lowest BCUT2D eigenvalue weighted by atomic mass is 10.1. The molecule has 3 nitrogen and oxygen atoms in total. The molecular weight excluding hydrogens is 247 g/mol. The van der Waals surface area contributed by atoms with E-state index in [1.165, 1.54) is 4.90 Å². The van der Waals surface area contributed by atoms with Crippen LogP contribution in [0.15, 0.2) is 24.3 Å². The first kappa shape index (κ1) is 12.8. The first-order valence-electron chi connectivity index (χ1n) is 4.56. The summed E-state index contributed by atoms with van der Waals surface area (Å²) in [4.78, 5) is 11.8. The summed E-state index contributed by atoms with van der Waals surface area (Å²) in [6.45, 7) is 0.417. The maximum Gasteiger partial charge on any atom is 0.255 e. The molecule has 0 spiro atoms. The first-order chi connectivity index (χ1) is 7.54. The fourth-order valence-electron chi connectivity index (χ4n) is 1.20. The fraction of sp³-hybridized carbons (Fsp3) is 0.273. The van der Waals surface area contributed by atoms with Gasteiger partial charge in [-0.05, 0) is 17.7 Å². The molecule has 0 aliphatic heterocycles. The molecule has 84 valence electrons. The van der Waals surface area contributed by atoms with Crippen LogP contribution in [-0.4, -0.2) is 22.7 Å². The van der Waals surface area contributed by atoms with Crippen molar-refractivity contribution in [3.8, 4) is 6.07 Å². The molecule has 0 unspecified atom stereocenters. The molecule has 1 rings (SSSR count). The van der Waals surface area contributed by atoms with Gasteiger partial charge in [0.15, 0.2) is 4.84 Å². The number of hydrogen-bond donors (Lipinski definition) is 0. The van der Waals surface area contributed by atoms with Crippen molar-refractivity contribution in [2.45, 2.75) is 11.4 Å². The Balaban J connectivity index is 2.67. The molecule has 0 atom stereocenters. The molecule has 0 aliphatic carbocycles. The predicted octanol–water partition coefficient (Wildman–Crippen LogP) is 2.32. The molecule has 0 N–H and O–H groups in total. The number of hydrogen-bond acceptors (Lipinski definition) is 2. The van der Waals surface area contributed by atoms with Crippen molar-refractivity contribution in [3.05, 3.63) is 35.4 Å². The van der Waals surface area contributed by atoms with Gasteiger partial charge in [0.1, 0.15) is 0 Å². The van der Waals surface area contributed by atoms with Gasteiger partial charge in [-0.3, -0.25) is 4.79 Å². The predicted molar refractivity (Wildman–Crippen MR) is 63.1 cm³/mol. The Bertz CT molecular complexity index is 409. The van der Waals surface area contributed by atoms with E-state index >= 15 is 0 Å². The summed E-state index contributed by atoms with van der Waals surface area (Å²) in [5.74, 6) is -0.340. The molecule has 0 radical (unpaired) electrons. The highest BCUT2D eigenvalue weighted by molar-refractivity contribution is 6.53. The number of carbonyl (C=O) groups excluding carboxylic acids is 1. The molecule has 0 fully saturated rings. The van der Waals surface area contributed by atoms with Gasteiger partial charge in [-0.15, -0.1) is 0 Å². The summed E-state index contributed by atoms with van der Waals surface area (Å²) in [5.41, 5.74) is 1.51. The van der Waals surface area contributed by atoms with Crippen LogP contribution in [0.25, 0.3) is 0 Å². The highest BCUT2D eigenvalue weighted by Crippen LogP contribution is 2.10. The van der Waals surface area contributed by atoms with Gasteiger partial charge in [0.2, 0.25) is 0 Å². The van der Waals surface area contributed by atoms with Crippen LogP contribution >= 0.6 is 23.2 Å². The number of nitrogens with zero attached hydrogens (tertiary/aromatic N) is 2. The van der Waals surface area contributed by atoms with Crippen LogP contribution in [-0.2, 0) is 11.3 Å². The van der Waals surface area contributed by atoms with Gasteiger partial charge in [-0.2, -0.15) is 5.26 Å². The maximum atomic E-state index is 11.4. The smallest absolute Gasteiger partial charge is 0.255 e. The molecule has 1 aromatic carbocycles. The third-order valence-electron chi connectivity index (χ3n) is 2.07. The summed E-state index contributed by atoms with van der Waals surface area (Å²) in [6, 6.07) is 9.01. The number of carbonyl (C=O) groups is 1. The van der Waals surface area contributed by atoms with Crippen molar-refractivity contribution in [1.82, 2.24) is 4.90 Å². The molecule has 0 heterocycles. The van der Waals surface area contributed by atoms with Gasteiger partial charge >= 0.3 is 0 Å². The van der Waals surface area contributed by atoms with Gasteiger partial charge in [-0.25, -0.2) is 0 Å². The van der Waals surface area contributed by atoms with E-state index < -0.39 is 4.84 Å². The molecule has 1 amide bonds. The Morgan fingerprint density at radius 3 is 2.44 bits per heavy atom. The quantitative estimate of drug-likeness (QED) is 0.780. The second-order valence-electron chi connectivity index (χ2n) is 3.30. The van der Waals surface area contributed by atoms with E-state index in [1.807, 2.05) is 6.07 Å². The number of benzene rings is 1. The number of halogens is 2. The molecule has 0 aromatic heterocycles. The summed E-state index contributed by atoms with van der Waals surface area (Å²) >= 11 is 10.9. The Kier molecular flexibility index (Phi) is 4.60. The van der Waals surface area contributed by atoms with Crippen LogP contribution in [0.4, 0.5) is 0 Å². The Morgan fingerprint density at radius 2 is 2.00 bits per heavy atom. The number of nitriles is 1. The van der Waals surface area contributed by atoms with Crippen molar-refractivity contribution in [2.24, 2.45) is 0 Å². The lowest BCUT2D eigenvalue weighted by Gasteiger charge is -2.17. The third-order valence-corrected chi connectivity index (χ3v) is 2.44. The van der Waals surface area contributed by atoms with Crippen molar-refractivity contribution in [3.63, 3.8) is 0 Å². The molecule has 16 heavy (non-hydrogen) atoms. The molecule has 5 heteroatoms. The molecule has 0 aliphatic rings. The highest BCUT2D eigenvalue weighted by atomic mass is 35.5. The molecule has 0 saturated heterocycles. The Morgan fingerprint density at radius 1 is 1.44 bits per heavy atom. The SMILES string of the molecule is CN(Cc1ccc(C#N)cc1)C(=O)C(Cl)Cl. The van der Waals surface area contributed by atoms with E-state index in [9.17, 15) is 4.79 Å². The van der Waals surface area contributed by atoms with Crippen molar-refractivity contribution in [1.29, 1.82) is 5.26 Å². The maximum absolute atomic E-state index is 11.4. The lowest BCUT2D eigenvalue weighted by molar-refractivity contribution is -0.128. The first-order valence-corrected chi connectivity index (χ1v) is 5.44. The molecular formula is C11H10Cl2N2O. The Hall–Kier alpha value is -1.24. The van der Waals surface area contributed by atoms with Gasteiger partial charge in [0, 0.05) is 13.6 Å². The summed E-state index contributed by atoms with van der Waals surface area (Å²) in [6.07, 6.45) is 0. The highest BCUT2D eigenvalue weighted by Gasteiger charge is 2.16. The van der Waals surface area contributed by atoms with E-state index in [0.717, 1.165) is 5.56 Å². The van der Waals surface area contributed by atoms with Gasteiger partial charge in [-0.1, -0.05) is 35.3 Å². The summed E-state index contributed by atoms with van der Waals surface area (Å²) in [7, 11) is 1.62. The van der Waals surface area contributed by atoms with Crippen LogP contribution in [0.2, 0.25) is 0 Å². The molecule has 0 saturated carbocycles. The van der Waals surface area contributed by atoms with Crippen LogP contribution in [0.1, 0.15) is 11.1 Å². The summed E-state index contributed by atoms with van der Waals surface area (Å²) < 4.78 is 0. The second kappa shape index (κ2) is 5.74. The van der Waals surface area contributed by atoms with Gasteiger partial charge in [0.05, 0.1) is 11.6 Å². The minimum atomic E-state index is -1.04. The topological polar surface area (TPSA) is 44.1 Å². The van der Waals surface area contributed by atoms with Crippen LogP contribution in [0.3, 0.4) is 0 Å². The van der Waals surface area contributed by atoms with Crippen LogP contribution in [0.5, 0.6) is 0 Å². The third kappa shape index (κ3) is 3.41. The normalized spacial score (nSPS) is 9.94. The van der Waals surface area contributed by atoms with Crippen molar-refractivity contribution < 1.29 is 4.79 Å². The monoisotopic (exact) mass is 256 g/mol. The minimum absolute atomic E-state index is 0.340. The lowest BCUT2D eigenvalue weighted by Crippen LogP contribution is -2.30. The van der Waals surface area contributed by atoms with E-state index in [-0.39, 0.29) is 5.91 Å². The van der Waals surface area contributed by atoms with Crippen LogP contribution < -0.4 is 0 Å². The van der Waals surface area contributed by atoms with Crippen molar-refractivity contribution in [2.75, 3.05) is 7.05 Å². The average molecular weight is 257 g/mol. The van der Waals surface area contributed by atoms with E-state index in [0.29, 0.717) is 12.1 Å². The number of alkyl halides is 2. The van der Waals surface area contributed by atoms with Gasteiger partial charge in [0.25, 0.3) is 5.91 Å². The van der Waals surface area contributed by atoms with Gasteiger partial charge < -0.3 is 4.90 Å². The molecule has 0 bridgehead atoms.